The molecule has 1 unspecified atom stereocenters. The third-order valence-electron chi connectivity index (χ3n) is 6.72. The van der Waals surface area contributed by atoms with Crippen molar-refractivity contribution in [1.82, 2.24) is 4.90 Å². The van der Waals surface area contributed by atoms with E-state index in [9.17, 15) is 9.90 Å². The number of β-amino-alcohol motifs (C(OH)–C–C–N with tert-alkyl or cyclic N) is 1. The molecular formula is C20H27NO3. The second-order valence-corrected chi connectivity index (χ2v) is 7.84. The fourth-order valence-electron chi connectivity index (χ4n) is 5.46. The van der Waals surface area contributed by atoms with E-state index in [-0.39, 0.29) is 17.4 Å². The Labute approximate surface area is 143 Å². The normalized spacial score (nSPS) is 35.8. The maximum Gasteiger partial charge on any atom is 0.223 e. The first-order chi connectivity index (χ1) is 11.6. The van der Waals surface area contributed by atoms with Crippen molar-refractivity contribution in [2.24, 2.45) is 11.8 Å². The Balaban J connectivity index is 1.65. The summed E-state index contributed by atoms with van der Waals surface area (Å²) in [6, 6.07) is 10.6. The Morgan fingerprint density at radius 2 is 1.83 bits per heavy atom. The Morgan fingerprint density at radius 3 is 2.38 bits per heavy atom. The molecule has 4 nitrogen and oxygen atoms in total. The monoisotopic (exact) mass is 329 g/mol. The highest BCUT2D eigenvalue weighted by Gasteiger charge is 2.56. The molecule has 1 aromatic rings. The van der Waals surface area contributed by atoms with Crippen LogP contribution in [-0.4, -0.2) is 48.3 Å². The molecule has 2 saturated carbocycles. The number of methoxy groups -OCH3 is 1. The molecule has 0 aromatic heterocycles. The lowest BCUT2D eigenvalue weighted by Gasteiger charge is -2.48. The molecule has 4 rings (SSSR count). The number of nitrogens with zero attached hydrogens (tertiary/aromatic N) is 1. The van der Waals surface area contributed by atoms with Crippen LogP contribution in [0.3, 0.4) is 0 Å². The largest absolute Gasteiger partial charge is 0.389 e. The van der Waals surface area contributed by atoms with Crippen molar-refractivity contribution < 1.29 is 14.6 Å². The minimum Gasteiger partial charge on any atom is -0.389 e. The zero-order valence-corrected chi connectivity index (χ0v) is 14.4. The van der Waals surface area contributed by atoms with Gasteiger partial charge in [0.05, 0.1) is 12.2 Å². The number of aliphatic hydroxyl groups excluding tert-OH is 1. The minimum absolute atomic E-state index is 0.0477. The Hall–Kier alpha value is -1.39. The number of carbonyl (C=O) groups excluding carboxylic acids is 1. The van der Waals surface area contributed by atoms with E-state index >= 15 is 0 Å². The van der Waals surface area contributed by atoms with Crippen molar-refractivity contribution in [3.8, 4) is 0 Å². The Bertz CT molecular complexity index is 582. The first-order valence-corrected chi connectivity index (χ1v) is 9.17. The lowest BCUT2D eigenvalue weighted by atomic mass is 9.59. The van der Waals surface area contributed by atoms with Gasteiger partial charge in [0.15, 0.2) is 0 Å². The highest BCUT2D eigenvalue weighted by molar-refractivity contribution is 5.79. The SMILES string of the molecule is CO[C@@H]1CC2CC[C@H](C1)[C@]2(CC(=O)N1CC(O)C1)c1ccccc1. The maximum atomic E-state index is 12.9. The van der Waals surface area contributed by atoms with Gasteiger partial charge in [0.1, 0.15) is 0 Å². The first-order valence-electron chi connectivity index (χ1n) is 9.17. The molecule has 2 bridgehead atoms. The summed E-state index contributed by atoms with van der Waals surface area (Å²) in [5.41, 5.74) is 1.27. The van der Waals surface area contributed by atoms with Gasteiger partial charge >= 0.3 is 0 Å². The standard InChI is InChI=1S/C20H27NO3/c1-24-18-9-15-7-8-16(10-18)20(15,14-5-3-2-4-6-14)11-19(23)21-12-17(22)13-21/h2-6,15-18,22H,7-13H2,1H3/t15-,16?,18+,20+/m1/s1. The summed E-state index contributed by atoms with van der Waals surface area (Å²) in [5.74, 6) is 1.23. The number of ether oxygens (including phenoxy) is 1. The molecular weight excluding hydrogens is 302 g/mol. The van der Waals surface area contributed by atoms with Gasteiger partial charge in [-0.15, -0.1) is 0 Å². The summed E-state index contributed by atoms with van der Waals surface area (Å²) in [6.45, 7) is 0.999. The van der Waals surface area contributed by atoms with Crippen LogP contribution in [0, 0.1) is 11.8 Å². The van der Waals surface area contributed by atoms with Gasteiger partial charge in [0, 0.05) is 32.0 Å². The average molecular weight is 329 g/mol. The average Bonchev–Trinajstić information content (AvgIpc) is 2.77. The van der Waals surface area contributed by atoms with Crippen molar-refractivity contribution in [2.45, 2.75) is 49.7 Å². The van der Waals surface area contributed by atoms with E-state index in [0.29, 0.717) is 37.5 Å². The fourth-order valence-corrected chi connectivity index (χ4v) is 5.46. The van der Waals surface area contributed by atoms with Crippen LogP contribution in [0.5, 0.6) is 0 Å². The van der Waals surface area contributed by atoms with Crippen LogP contribution < -0.4 is 0 Å². The zero-order valence-electron chi connectivity index (χ0n) is 14.4. The fraction of sp³-hybridized carbons (Fsp3) is 0.650. The van der Waals surface area contributed by atoms with Crippen LogP contribution in [-0.2, 0) is 14.9 Å². The topological polar surface area (TPSA) is 49.8 Å². The van der Waals surface area contributed by atoms with Gasteiger partial charge in [0.25, 0.3) is 0 Å². The van der Waals surface area contributed by atoms with E-state index in [1.165, 1.54) is 18.4 Å². The number of hydrogen-bond donors (Lipinski definition) is 1. The molecule has 1 saturated heterocycles. The smallest absolute Gasteiger partial charge is 0.223 e. The maximum absolute atomic E-state index is 12.9. The van der Waals surface area contributed by atoms with Gasteiger partial charge in [-0.1, -0.05) is 30.3 Å². The second kappa shape index (κ2) is 6.16. The molecule has 0 radical (unpaired) electrons. The van der Waals surface area contributed by atoms with E-state index in [1.807, 2.05) is 18.1 Å². The highest BCUT2D eigenvalue weighted by atomic mass is 16.5. The Kier molecular flexibility index (Phi) is 4.13. The molecule has 0 spiro atoms. The van der Waals surface area contributed by atoms with Crippen molar-refractivity contribution >= 4 is 5.91 Å². The van der Waals surface area contributed by atoms with Gasteiger partial charge in [-0.2, -0.15) is 0 Å². The molecule has 130 valence electrons. The predicted molar refractivity (Wildman–Crippen MR) is 91.6 cm³/mol. The first kappa shape index (κ1) is 16.1. The number of fused-ring (bicyclic) bond motifs is 2. The zero-order chi connectivity index (χ0) is 16.7. The van der Waals surface area contributed by atoms with Crippen molar-refractivity contribution in [2.75, 3.05) is 20.2 Å². The summed E-state index contributed by atoms with van der Waals surface area (Å²) < 4.78 is 5.67. The summed E-state index contributed by atoms with van der Waals surface area (Å²) >= 11 is 0. The lowest BCUT2D eigenvalue weighted by Crippen LogP contribution is -2.56. The molecule has 3 fully saturated rings. The van der Waals surface area contributed by atoms with E-state index in [2.05, 4.69) is 24.3 Å². The Morgan fingerprint density at radius 1 is 1.21 bits per heavy atom. The van der Waals surface area contributed by atoms with Crippen molar-refractivity contribution in [3.63, 3.8) is 0 Å². The summed E-state index contributed by atoms with van der Waals surface area (Å²) in [5, 5.41) is 9.53. The summed E-state index contributed by atoms with van der Waals surface area (Å²) in [6.07, 6.45) is 5.07. The van der Waals surface area contributed by atoms with Crippen LogP contribution in [0.4, 0.5) is 0 Å². The van der Waals surface area contributed by atoms with Gasteiger partial charge < -0.3 is 14.7 Å². The second-order valence-electron chi connectivity index (χ2n) is 7.84. The van der Waals surface area contributed by atoms with Gasteiger partial charge in [-0.3, -0.25) is 4.79 Å². The number of hydrogen-bond acceptors (Lipinski definition) is 3. The molecule has 1 N–H and O–H groups in total. The quantitative estimate of drug-likeness (QED) is 0.922. The minimum atomic E-state index is -0.331. The lowest BCUT2D eigenvalue weighted by molar-refractivity contribution is -0.144. The number of rotatable bonds is 4. The van der Waals surface area contributed by atoms with E-state index in [0.717, 1.165) is 12.8 Å². The number of carbonyl (C=O) groups is 1. The number of benzene rings is 1. The van der Waals surface area contributed by atoms with Gasteiger partial charge in [0.2, 0.25) is 5.91 Å². The van der Waals surface area contributed by atoms with E-state index < -0.39 is 0 Å². The molecule has 1 heterocycles. The molecule has 1 amide bonds. The molecule has 4 heteroatoms. The van der Waals surface area contributed by atoms with Crippen molar-refractivity contribution in [1.29, 1.82) is 0 Å². The summed E-state index contributed by atoms with van der Waals surface area (Å²) in [4.78, 5) is 14.7. The molecule has 1 aliphatic heterocycles. The van der Waals surface area contributed by atoms with Crippen molar-refractivity contribution in [3.05, 3.63) is 35.9 Å². The van der Waals surface area contributed by atoms with Gasteiger partial charge in [-0.25, -0.2) is 0 Å². The number of aliphatic hydroxyl groups is 1. The predicted octanol–water partition coefficient (Wildman–Crippen LogP) is 2.35. The summed E-state index contributed by atoms with van der Waals surface area (Å²) in [7, 11) is 1.81. The number of likely N-dealkylation sites (tertiary alicyclic amines) is 1. The molecule has 2 aliphatic carbocycles. The van der Waals surface area contributed by atoms with Crippen LogP contribution in [0.25, 0.3) is 0 Å². The number of amides is 1. The van der Waals surface area contributed by atoms with E-state index in [1.54, 1.807) is 0 Å². The molecule has 4 atom stereocenters. The molecule has 24 heavy (non-hydrogen) atoms. The molecule has 3 aliphatic rings. The van der Waals surface area contributed by atoms with Crippen LogP contribution in [0.1, 0.15) is 37.7 Å². The highest BCUT2D eigenvalue weighted by Crippen LogP contribution is 2.59. The van der Waals surface area contributed by atoms with Gasteiger partial charge in [-0.05, 0) is 43.1 Å². The van der Waals surface area contributed by atoms with Crippen LogP contribution in [0.15, 0.2) is 30.3 Å². The van der Waals surface area contributed by atoms with Crippen LogP contribution >= 0.6 is 0 Å². The third kappa shape index (κ3) is 2.47. The molecule has 1 aromatic carbocycles. The van der Waals surface area contributed by atoms with Crippen LogP contribution in [0.2, 0.25) is 0 Å². The van der Waals surface area contributed by atoms with E-state index in [4.69, 9.17) is 4.74 Å². The third-order valence-corrected chi connectivity index (χ3v) is 6.72.